The Kier molecular flexibility index (Phi) is 8.80. The molecule has 0 amide bonds. The Bertz CT molecular complexity index is 323. The summed E-state index contributed by atoms with van der Waals surface area (Å²) in [4.78, 5) is 11.0. The van der Waals surface area contributed by atoms with Crippen molar-refractivity contribution in [3.05, 3.63) is 35.9 Å². The molecule has 3 N–H and O–H groups in total. The summed E-state index contributed by atoms with van der Waals surface area (Å²) in [5.41, 5.74) is 6.49. The van der Waals surface area contributed by atoms with Gasteiger partial charge in [0.2, 0.25) is 0 Å². The number of hydrogen-bond donors (Lipinski definition) is 3. The molecule has 0 radical (unpaired) electrons. The molecule has 1 aromatic carbocycles. The first-order valence-corrected chi connectivity index (χ1v) is 5.58. The van der Waals surface area contributed by atoms with E-state index < -0.39 is 12.0 Å². The van der Waals surface area contributed by atoms with Crippen molar-refractivity contribution in [3.8, 4) is 0 Å². The Morgan fingerprint density at radius 3 is 2.53 bits per heavy atom. The molecule has 0 aliphatic rings. The van der Waals surface area contributed by atoms with Crippen LogP contribution in [0.1, 0.15) is 5.56 Å². The third-order valence-corrected chi connectivity index (χ3v) is 2.27. The summed E-state index contributed by atoms with van der Waals surface area (Å²) in [5.74, 6) is -0.448. The quantitative estimate of drug-likeness (QED) is 0.401. The van der Waals surface area contributed by atoms with E-state index in [9.17, 15) is 4.79 Å². The van der Waals surface area contributed by atoms with Crippen LogP contribution in [-0.2, 0) is 11.2 Å². The predicted octanol–water partition coefficient (Wildman–Crippen LogP) is 1.44. The fourth-order valence-corrected chi connectivity index (χ4v) is 1.39. The summed E-state index contributed by atoms with van der Waals surface area (Å²) < 4.78 is 0. The maximum atomic E-state index is 11.0. The lowest BCUT2D eigenvalue weighted by Gasteiger charge is -2.14. The molecular formula is C11H16Cl2N2O2. The first-order valence-electron chi connectivity index (χ1n) is 5.05. The van der Waals surface area contributed by atoms with Gasteiger partial charge >= 0.3 is 5.97 Å². The first kappa shape index (κ1) is 16.2. The SMILES string of the molecule is Cl.O=C(O)[C@H](Cc1ccccc1)NNCCCl. The minimum Gasteiger partial charge on any atom is -0.480 e. The number of carboxylic acids is 1. The molecule has 1 rings (SSSR count). The second kappa shape index (κ2) is 9.24. The molecule has 96 valence electrons. The predicted molar refractivity (Wildman–Crippen MR) is 70.7 cm³/mol. The van der Waals surface area contributed by atoms with E-state index >= 15 is 0 Å². The summed E-state index contributed by atoms with van der Waals surface area (Å²) in [6, 6.07) is 8.84. The normalized spacial score (nSPS) is 11.6. The molecule has 0 aliphatic heterocycles. The molecule has 0 aliphatic carbocycles. The van der Waals surface area contributed by atoms with Crippen molar-refractivity contribution < 1.29 is 9.90 Å². The molecule has 17 heavy (non-hydrogen) atoms. The van der Waals surface area contributed by atoms with Crippen LogP contribution < -0.4 is 10.9 Å². The zero-order chi connectivity index (χ0) is 11.8. The third-order valence-electron chi connectivity index (χ3n) is 2.08. The van der Waals surface area contributed by atoms with E-state index in [-0.39, 0.29) is 12.4 Å². The number of benzene rings is 1. The molecule has 0 aromatic heterocycles. The molecule has 1 atom stereocenters. The van der Waals surface area contributed by atoms with Gasteiger partial charge in [0.15, 0.2) is 0 Å². The Morgan fingerprint density at radius 1 is 1.35 bits per heavy atom. The number of carbonyl (C=O) groups is 1. The van der Waals surface area contributed by atoms with E-state index in [1.807, 2.05) is 30.3 Å². The Hall–Kier alpha value is -0.810. The molecule has 0 unspecified atom stereocenters. The van der Waals surface area contributed by atoms with Gasteiger partial charge in [-0.05, 0) is 12.0 Å². The lowest BCUT2D eigenvalue weighted by atomic mass is 10.1. The second-order valence-electron chi connectivity index (χ2n) is 3.34. The van der Waals surface area contributed by atoms with Crippen molar-refractivity contribution in [2.45, 2.75) is 12.5 Å². The Labute approximate surface area is 112 Å². The summed E-state index contributed by atoms with van der Waals surface area (Å²) in [6.07, 6.45) is 0.436. The van der Waals surface area contributed by atoms with Gasteiger partial charge in [0.25, 0.3) is 0 Å². The van der Waals surface area contributed by atoms with Crippen LogP contribution in [0.2, 0.25) is 0 Å². The molecule has 0 saturated heterocycles. The van der Waals surface area contributed by atoms with Gasteiger partial charge < -0.3 is 5.11 Å². The van der Waals surface area contributed by atoms with Crippen molar-refractivity contribution >= 4 is 30.0 Å². The third kappa shape index (κ3) is 6.48. The largest absolute Gasteiger partial charge is 0.480 e. The smallest absolute Gasteiger partial charge is 0.322 e. The second-order valence-corrected chi connectivity index (χ2v) is 3.72. The van der Waals surface area contributed by atoms with E-state index in [0.29, 0.717) is 18.8 Å². The summed E-state index contributed by atoms with van der Waals surface area (Å²) in [7, 11) is 0. The fraction of sp³-hybridized carbons (Fsp3) is 0.364. The van der Waals surface area contributed by atoms with Gasteiger partial charge in [-0.25, -0.2) is 5.43 Å². The summed E-state index contributed by atoms with van der Waals surface area (Å²) >= 11 is 5.47. The van der Waals surface area contributed by atoms with Gasteiger partial charge in [0.05, 0.1) is 0 Å². The summed E-state index contributed by atoms with van der Waals surface area (Å²) in [5, 5.41) is 9.00. The van der Waals surface area contributed by atoms with Crippen LogP contribution in [-0.4, -0.2) is 29.5 Å². The number of nitrogens with one attached hydrogen (secondary N) is 2. The van der Waals surface area contributed by atoms with Crippen molar-refractivity contribution in [1.29, 1.82) is 0 Å². The minimum atomic E-state index is -0.883. The molecular weight excluding hydrogens is 263 g/mol. The monoisotopic (exact) mass is 278 g/mol. The van der Waals surface area contributed by atoms with E-state index in [1.165, 1.54) is 0 Å². The highest BCUT2D eigenvalue weighted by Crippen LogP contribution is 2.02. The number of hydrogen-bond acceptors (Lipinski definition) is 3. The fourth-order valence-electron chi connectivity index (χ4n) is 1.29. The Morgan fingerprint density at radius 2 is 2.00 bits per heavy atom. The van der Waals surface area contributed by atoms with Gasteiger partial charge in [-0.1, -0.05) is 30.3 Å². The molecule has 1 aromatic rings. The lowest BCUT2D eigenvalue weighted by Crippen LogP contribution is -2.47. The molecule has 0 saturated carbocycles. The summed E-state index contributed by atoms with van der Waals surface area (Å²) in [6.45, 7) is 0.528. The number of carboxylic acid groups (broad SMARTS) is 1. The first-order chi connectivity index (χ1) is 7.74. The number of rotatable bonds is 7. The van der Waals surface area contributed by atoms with Crippen molar-refractivity contribution in [1.82, 2.24) is 10.9 Å². The van der Waals surface area contributed by atoms with Crippen LogP contribution in [0.25, 0.3) is 0 Å². The van der Waals surface area contributed by atoms with Crippen molar-refractivity contribution in [2.24, 2.45) is 0 Å². The van der Waals surface area contributed by atoms with Crippen molar-refractivity contribution in [3.63, 3.8) is 0 Å². The van der Waals surface area contributed by atoms with Gasteiger partial charge in [-0.3, -0.25) is 10.2 Å². The van der Waals surface area contributed by atoms with Gasteiger partial charge in [0, 0.05) is 12.4 Å². The molecule has 6 heteroatoms. The number of halogens is 2. The molecule has 0 fully saturated rings. The van der Waals surface area contributed by atoms with Crippen LogP contribution in [0.15, 0.2) is 30.3 Å². The Balaban J connectivity index is 0.00000256. The zero-order valence-electron chi connectivity index (χ0n) is 9.23. The van der Waals surface area contributed by atoms with Gasteiger partial charge in [0.1, 0.15) is 6.04 Å². The number of alkyl halides is 1. The number of aliphatic carboxylic acids is 1. The van der Waals surface area contributed by atoms with Crippen LogP contribution in [0.3, 0.4) is 0 Å². The lowest BCUT2D eigenvalue weighted by molar-refractivity contribution is -0.139. The average Bonchev–Trinajstić information content (AvgIpc) is 2.29. The van der Waals surface area contributed by atoms with Crippen molar-refractivity contribution in [2.75, 3.05) is 12.4 Å². The maximum absolute atomic E-state index is 11.0. The van der Waals surface area contributed by atoms with Crippen LogP contribution >= 0.6 is 24.0 Å². The molecule has 0 spiro atoms. The standard InChI is InChI=1S/C11H15ClN2O2.ClH/c12-6-7-13-14-10(11(15)16)8-9-4-2-1-3-5-9;/h1-5,10,13-14H,6-8H2,(H,15,16);1H/t10-;/m0./s1. The van der Waals surface area contributed by atoms with E-state index in [0.717, 1.165) is 5.56 Å². The van der Waals surface area contributed by atoms with E-state index in [4.69, 9.17) is 16.7 Å². The molecule has 4 nitrogen and oxygen atoms in total. The van der Waals surface area contributed by atoms with E-state index in [2.05, 4.69) is 10.9 Å². The molecule has 0 heterocycles. The highest BCUT2D eigenvalue weighted by Gasteiger charge is 2.16. The van der Waals surface area contributed by atoms with Crippen LogP contribution in [0, 0.1) is 0 Å². The van der Waals surface area contributed by atoms with Gasteiger partial charge in [-0.15, -0.1) is 24.0 Å². The molecule has 0 bridgehead atoms. The highest BCUT2D eigenvalue weighted by molar-refractivity contribution is 6.18. The van der Waals surface area contributed by atoms with E-state index in [1.54, 1.807) is 0 Å². The minimum absolute atomic E-state index is 0. The highest BCUT2D eigenvalue weighted by atomic mass is 35.5. The zero-order valence-corrected chi connectivity index (χ0v) is 10.8. The van der Waals surface area contributed by atoms with Crippen LogP contribution in [0.5, 0.6) is 0 Å². The maximum Gasteiger partial charge on any atom is 0.322 e. The van der Waals surface area contributed by atoms with Gasteiger partial charge in [-0.2, -0.15) is 0 Å². The average molecular weight is 279 g/mol. The topological polar surface area (TPSA) is 61.4 Å². The van der Waals surface area contributed by atoms with Crippen LogP contribution in [0.4, 0.5) is 0 Å². The number of hydrazine groups is 1.